The van der Waals surface area contributed by atoms with E-state index in [4.69, 9.17) is 4.74 Å². The van der Waals surface area contributed by atoms with Gasteiger partial charge in [-0.15, -0.1) is 0 Å². The molecule has 0 aliphatic carbocycles. The van der Waals surface area contributed by atoms with Crippen molar-refractivity contribution in [3.8, 4) is 0 Å². The van der Waals surface area contributed by atoms with E-state index in [-0.39, 0.29) is 29.8 Å². The number of sulfone groups is 1. The fourth-order valence-corrected chi connectivity index (χ4v) is 2.98. The summed E-state index contributed by atoms with van der Waals surface area (Å²) in [6.07, 6.45) is 0.298. The lowest BCUT2D eigenvalue weighted by Crippen LogP contribution is -2.48. The van der Waals surface area contributed by atoms with Crippen LogP contribution in [0.2, 0.25) is 0 Å². The fraction of sp³-hybridized carbons (Fsp3) is 0.923. The van der Waals surface area contributed by atoms with E-state index in [1.54, 1.807) is 6.92 Å². The van der Waals surface area contributed by atoms with Crippen LogP contribution in [0, 0.1) is 0 Å². The zero-order valence-electron chi connectivity index (χ0n) is 12.1. The van der Waals surface area contributed by atoms with Gasteiger partial charge in [-0.2, -0.15) is 0 Å². The molecular weight excluding hydrogens is 266 g/mol. The Morgan fingerprint density at radius 1 is 1.42 bits per heavy atom. The molecule has 0 aromatic heterocycles. The van der Waals surface area contributed by atoms with Crippen LogP contribution in [0.5, 0.6) is 0 Å². The third-order valence-corrected chi connectivity index (χ3v) is 5.30. The average Bonchev–Trinajstić information content (AvgIpc) is 2.38. The summed E-state index contributed by atoms with van der Waals surface area (Å²) in [5.41, 5.74) is 0. The van der Waals surface area contributed by atoms with E-state index < -0.39 is 9.84 Å². The molecule has 112 valence electrons. The van der Waals surface area contributed by atoms with E-state index in [1.165, 1.54) is 0 Å². The number of hydrogen-bond acceptors (Lipinski definition) is 5. The van der Waals surface area contributed by atoms with Gasteiger partial charge in [-0.3, -0.25) is 9.69 Å². The molecule has 1 saturated heterocycles. The van der Waals surface area contributed by atoms with E-state index in [0.717, 1.165) is 6.54 Å². The summed E-state index contributed by atoms with van der Waals surface area (Å²) < 4.78 is 28.2. The van der Waals surface area contributed by atoms with Gasteiger partial charge in [0.25, 0.3) is 0 Å². The molecule has 0 radical (unpaired) electrons. The quantitative estimate of drug-likeness (QED) is 0.697. The molecule has 5 nitrogen and oxygen atoms in total. The van der Waals surface area contributed by atoms with Crippen LogP contribution in [-0.2, 0) is 19.4 Å². The second-order valence-corrected chi connectivity index (χ2v) is 7.73. The summed E-state index contributed by atoms with van der Waals surface area (Å²) in [6, 6.07) is 0.402. The fourth-order valence-electron chi connectivity index (χ4n) is 2.10. The Hall–Kier alpha value is -0.460. The number of Topliss-reactive ketones (excluding diaryl/α,β-unsaturated/α-hetero) is 1. The third kappa shape index (κ3) is 5.58. The molecule has 1 unspecified atom stereocenters. The molecule has 1 aliphatic rings. The molecule has 1 aliphatic heterocycles. The van der Waals surface area contributed by atoms with E-state index in [9.17, 15) is 13.2 Å². The second-order valence-electron chi connectivity index (χ2n) is 5.25. The van der Waals surface area contributed by atoms with Crippen LogP contribution in [-0.4, -0.2) is 62.4 Å². The molecular formula is C13H25NO4S. The van der Waals surface area contributed by atoms with E-state index in [1.807, 2.05) is 0 Å². The molecule has 0 N–H and O–H groups in total. The van der Waals surface area contributed by atoms with Crippen molar-refractivity contribution in [3.05, 3.63) is 0 Å². The maximum absolute atomic E-state index is 12.0. The number of carbonyl (C=O) groups excluding carboxylic acids is 1. The maximum Gasteiger partial charge on any atom is 0.162 e. The second kappa shape index (κ2) is 7.36. The lowest BCUT2D eigenvalue weighted by Gasteiger charge is -2.34. The number of morpholine rings is 1. The molecule has 1 heterocycles. The minimum atomic E-state index is -2.97. The lowest BCUT2D eigenvalue weighted by atomic mass is 10.1. The Bertz CT molecular complexity index is 391. The van der Waals surface area contributed by atoms with Crippen LogP contribution in [0.3, 0.4) is 0 Å². The summed E-state index contributed by atoms with van der Waals surface area (Å²) in [4.78, 5) is 14.2. The molecule has 1 atom stereocenters. The lowest BCUT2D eigenvalue weighted by molar-refractivity contribution is -0.137. The van der Waals surface area contributed by atoms with E-state index >= 15 is 0 Å². The average molecular weight is 291 g/mol. The van der Waals surface area contributed by atoms with Gasteiger partial charge in [0.1, 0.15) is 15.9 Å². The van der Waals surface area contributed by atoms with Gasteiger partial charge in [0.2, 0.25) is 0 Å². The smallest absolute Gasteiger partial charge is 0.162 e. The van der Waals surface area contributed by atoms with Crippen LogP contribution < -0.4 is 0 Å². The van der Waals surface area contributed by atoms with Crippen molar-refractivity contribution in [2.75, 3.05) is 31.2 Å². The van der Waals surface area contributed by atoms with Crippen LogP contribution in [0.1, 0.15) is 33.6 Å². The first-order chi connectivity index (χ1) is 8.85. The zero-order valence-corrected chi connectivity index (χ0v) is 12.9. The molecule has 0 spiro atoms. The summed E-state index contributed by atoms with van der Waals surface area (Å²) in [5, 5.41) is 0. The van der Waals surface area contributed by atoms with Crippen LogP contribution in [0.15, 0.2) is 0 Å². The Morgan fingerprint density at radius 3 is 2.68 bits per heavy atom. The monoisotopic (exact) mass is 291 g/mol. The highest BCUT2D eigenvalue weighted by Gasteiger charge is 2.27. The Balaban J connectivity index is 2.37. The minimum absolute atomic E-state index is 0.0247. The number of nitrogens with zero attached hydrogens (tertiary/aromatic N) is 1. The summed E-state index contributed by atoms with van der Waals surface area (Å²) in [5.74, 6) is 0.259. The SMILES string of the molecule is CCS(=O)(=O)CCCC(=O)C1CN(C(C)C)CCO1. The predicted molar refractivity (Wildman–Crippen MR) is 75.0 cm³/mol. The van der Waals surface area contributed by atoms with Gasteiger partial charge in [0.15, 0.2) is 5.78 Å². The number of rotatable bonds is 7. The standard InChI is InChI=1S/C13H25NO4S/c1-4-19(16,17)9-5-6-12(15)13-10-14(11(2)3)7-8-18-13/h11,13H,4-10H2,1-3H3. The molecule has 0 amide bonds. The minimum Gasteiger partial charge on any atom is -0.368 e. The van der Waals surface area contributed by atoms with Crippen molar-refractivity contribution < 1.29 is 17.9 Å². The Morgan fingerprint density at radius 2 is 2.11 bits per heavy atom. The van der Waals surface area contributed by atoms with Crippen LogP contribution in [0.4, 0.5) is 0 Å². The first kappa shape index (κ1) is 16.6. The first-order valence-electron chi connectivity index (χ1n) is 6.94. The Labute approximate surface area is 116 Å². The van der Waals surface area contributed by atoms with Gasteiger partial charge >= 0.3 is 0 Å². The normalized spacial score (nSPS) is 21.8. The summed E-state index contributed by atoms with van der Waals surface area (Å²) >= 11 is 0. The van der Waals surface area contributed by atoms with Crippen molar-refractivity contribution in [3.63, 3.8) is 0 Å². The number of hydrogen-bond donors (Lipinski definition) is 0. The van der Waals surface area contributed by atoms with Gasteiger partial charge in [-0.1, -0.05) is 6.92 Å². The molecule has 6 heteroatoms. The van der Waals surface area contributed by atoms with Crippen LogP contribution >= 0.6 is 0 Å². The molecule has 0 aromatic carbocycles. The number of ketones is 1. The van der Waals surface area contributed by atoms with Gasteiger partial charge in [-0.25, -0.2) is 8.42 Å². The van der Waals surface area contributed by atoms with Crippen molar-refractivity contribution in [1.82, 2.24) is 4.90 Å². The van der Waals surface area contributed by atoms with E-state index in [0.29, 0.717) is 25.6 Å². The van der Waals surface area contributed by atoms with Gasteiger partial charge in [0.05, 0.1) is 12.4 Å². The predicted octanol–water partition coefficient (Wildman–Crippen LogP) is 0.880. The number of ether oxygens (including phenoxy) is 1. The zero-order chi connectivity index (χ0) is 14.5. The molecule has 1 fully saturated rings. The van der Waals surface area contributed by atoms with Crippen LogP contribution in [0.25, 0.3) is 0 Å². The topological polar surface area (TPSA) is 63.7 Å². The van der Waals surface area contributed by atoms with Crippen molar-refractivity contribution in [2.24, 2.45) is 0 Å². The largest absolute Gasteiger partial charge is 0.368 e. The van der Waals surface area contributed by atoms with Gasteiger partial charge in [0, 0.05) is 31.3 Å². The summed E-state index contributed by atoms with van der Waals surface area (Å²) in [6.45, 7) is 7.87. The Kier molecular flexibility index (Phi) is 6.42. The van der Waals surface area contributed by atoms with Gasteiger partial charge < -0.3 is 4.74 Å². The van der Waals surface area contributed by atoms with E-state index in [2.05, 4.69) is 18.7 Å². The summed E-state index contributed by atoms with van der Waals surface area (Å²) in [7, 11) is -2.97. The highest BCUT2D eigenvalue weighted by atomic mass is 32.2. The first-order valence-corrected chi connectivity index (χ1v) is 8.76. The van der Waals surface area contributed by atoms with Crippen molar-refractivity contribution in [2.45, 2.75) is 45.8 Å². The molecule has 0 saturated carbocycles. The maximum atomic E-state index is 12.0. The van der Waals surface area contributed by atoms with Crippen molar-refractivity contribution in [1.29, 1.82) is 0 Å². The van der Waals surface area contributed by atoms with Gasteiger partial charge in [-0.05, 0) is 20.3 Å². The molecule has 1 rings (SSSR count). The highest BCUT2D eigenvalue weighted by molar-refractivity contribution is 7.91. The van der Waals surface area contributed by atoms with Crippen molar-refractivity contribution >= 4 is 15.6 Å². The molecule has 0 bridgehead atoms. The molecule has 0 aromatic rings. The third-order valence-electron chi connectivity index (χ3n) is 3.51. The number of carbonyl (C=O) groups is 1. The highest BCUT2D eigenvalue weighted by Crippen LogP contribution is 2.12. The molecule has 19 heavy (non-hydrogen) atoms.